The molecule has 0 unspecified atom stereocenters. The summed E-state index contributed by atoms with van der Waals surface area (Å²) < 4.78 is 5.80. The third kappa shape index (κ3) is 5.78. The molecule has 0 radical (unpaired) electrons. The first-order valence-corrected chi connectivity index (χ1v) is 10.6. The van der Waals surface area contributed by atoms with Gasteiger partial charge in [-0.05, 0) is 56.0 Å². The largest absolute Gasteiger partial charge is 0.483 e. The first-order chi connectivity index (χ1) is 13.0. The van der Waals surface area contributed by atoms with Crippen LogP contribution in [0.2, 0.25) is 0 Å². The van der Waals surface area contributed by atoms with Gasteiger partial charge in [-0.3, -0.25) is 15.0 Å². The van der Waals surface area contributed by atoms with Crippen LogP contribution in [0.5, 0.6) is 5.75 Å². The quantitative estimate of drug-likeness (QED) is 0.756. The first kappa shape index (κ1) is 19.8. The molecule has 1 aromatic heterocycles. The molecular formula is C21H29N3O2S. The maximum absolute atomic E-state index is 12.3. The van der Waals surface area contributed by atoms with Crippen LogP contribution in [0.1, 0.15) is 55.8 Å². The number of ether oxygens (including phenoxy) is 1. The molecular weight excluding hydrogens is 358 g/mol. The fraction of sp³-hybridized carbons (Fsp3) is 0.524. The number of likely N-dealkylation sites (tertiary alicyclic amines) is 1. The second kappa shape index (κ2) is 9.33. The number of carbonyl (C=O) groups excluding carboxylic acids is 1. The zero-order valence-electron chi connectivity index (χ0n) is 16.5. The first-order valence-electron chi connectivity index (χ1n) is 9.71. The smallest absolute Gasteiger partial charge is 0.264 e. The van der Waals surface area contributed by atoms with Crippen molar-refractivity contribution in [1.29, 1.82) is 0 Å². The summed E-state index contributed by atoms with van der Waals surface area (Å²) in [6.07, 6.45) is 3.86. The van der Waals surface area contributed by atoms with Gasteiger partial charge >= 0.3 is 0 Å². The maximum atomic E-state index is 12.3. The molecule has 1 aliphatic heterocycles. The van der Waals surface area contributed by atoms with Crippen LogP contribution in [-0.2, 0) is 11.3 Å². The highest BCUT2D eigenvalue weighted by Gasteiger charge is 2.14. The zero-order valence-corrected chi connectivity index (χ0v) is 17.3. The lowest BCUT2D eigenvalue weighted by molar-refractivity contribution is -0.118. The zero-order chi connectivity index (χ0) is 19.2. The van der Waals surface area contributed by atoms with Crippen molar-refractivity contribution in [2.75, 3.05) is 25.0 Å². The molecule has 1 fully saturated rings. The number of carbonyl (C=O) groups is 1. The summed E-state index contributed by atoms with van der Waals surface area (Å²) in [5.41, 5.74) is 3.27. The molecule has 2 heterocycles. The van der Waals surface area contributed by atoms with E-state index in [9.17, 15) is 4.79 Å². The predicted octanol–water partition coefficient (Wildman–Crippen LogP) is 4.58. The van der Waals surface area contributed by atoms with E-state index < -0.39 is 0 Å². The third-order valence-electron chi connectivity index (χ3n) is 4.78. The van der Waals surface area contributed by atoms with Crippen LogP contribution >= 0.6 is 11.3 Å². The second-order valence-corrected chi connectivity index (χ2v) is 8.37. The molecule has 0 saturated carbocycles. The van der Waals surface area contributed by atoms with Crippen molar-refractivity contribution in [1.82, 2.24) is 9.88 Å². The van der Waals surface area contributed by atoms with Gasteiger partial charge < -0.3 is 4.74 Å². The lowest BCUT2D eigenvalue weighted by Gasteiger charge is -2.25. The van der Waals surface area contributed by atoms with E-state index in [1.807, 2.05) is 18.4 Å². The van der Waals surface area contributed by atoms with Crippen molar-refractivity contribution in [3.63, 3.8) is 0 Å². The van der Waals surface area contributed by atoms with Crippen LogP contribution in [0.4, 0.5) is 5.13 Å². The number of hydrogen-bond donors (Lipinski definition) is 1. The minimum Gasteiger partial charge on any atom is -0.483 e. The standard InChI is InChI=1S/C21H29N3O2S/c1-15(2)18-8-7-16(3)11-19(18)26-13-20(25)23-21-22-17(14-27-21)12-24-9-5-4-6-10-24/h7-8,11,14-15H,4-6,9-10,12-13H2,1-3H3,(H,22,23,25). The van der Waals surface area contributed by atoms with Crippen LogP contribution in [0, 0.1) is 6.92 Å². The third-order valence-corrected chi connectivity index (χ3v) is 5.59. The molecule has 1 amide bonds. The van der Waals surface area contributed by atoms with Crippen LogP contribution in [-0.4, -0.2) is 35.5 Å². The van der Waals surface area contributed by atoms with E-state index in [-0.39, 0.29) is 12.5 Å². The lowest BCUT2D eigenvalue weighted by Crippen LogP contribution is -2.29. The molecule has 146 valence electrons. The number of nitrogens with zero attached hydrogens (tertiary/aromatic N) is 2. The Kier molecular flexibility index (Phi) is 6.85. The summed E-state index contributed by atoms with van der Waals surface area (Å²) in [4.78, 5) is 19.2. The molecule has 0 atom stereocenters. The molecule has 0 spiro atoms. The number of thiazole rings is 1. The fourth-order valence-electron chi connectivity index (χ4n) is 3.33. The predicted molar refractivity (Wildman–Crippen MR) is 111 cm³/mol. The number of anilines is 1. The number of piperidine rings is 1. The summed E-state index contributed by atoms with van der Waals surface area (Å²) in [6.45, 7) is 9.40. The van der Waals surface area contributed by atoms with Gasteiger partial charge in [-0.25, -0.2) is 4.98 Å². The monoisotopic (exact) mass is 387 g/mol. The highest BCUT2D eigenvalue weighted by Crippen LogP contribution is 2.27. The van der Waals surface area contributed by atoms with E-state index >= 15 is 0 Å². The summed E-state index contributed by atoms with van der Waals surface area (Å²) in [7, 11) is 0. The fourth-order valence-corrected chi connectivity index (χ4v) is 4.04. The molecule has 0 aliphatic carbocycles. The molecule has 5 nitrogen and oxygen atoms in total. The van der Waals surface area contributed by atoms with Gasteiger partial charge in [-0.1, -0.05) is 32.4 Å². The molecule has 0 bridgehead atoms. The summed E-state index contributed by atoms with van der Waals surface area (Å²) in [6, 6.07) is 6.13. The van der Waals surface area contributed by atoms with Crippen LogP contribution < -0.4 is 10.1 Å². The molecule has 27 heavy (non-hydrogen) atoms. The van der Waals surface area contributed by atoms with E-state index in [2.05, 4.69) is 41.2 Å². The van der Waals surface area contributed by atoms with Crippen molar-refractivity contribution in [3.8, 4) is 5.75 Å². The Hall–Kier alpha value is -1.92. The number of amides is 1. The average molecular weight is 388 g/mol. The van der Waals surface area contributed by atoms with E-state index in [0.29, 0.717) is 11.0 Å². The Balaban J connectivity index is 1.52. The summed E-state index contributed by atoms with van der Waals surface area (Å²) >= 11 is 1.47. The van der Waals surface area contributed by atoms with Crippen molar-refractivity contribution in [2.45, 2.75) is 52.5 Å². The Morgan fingerprint density at radius 1 is 1.30 bits per heavy atom. The van der Waals surface area contributed by atoms with Gasteiger partial charge in [0.1, 0.15) is 5.75 Å². The summed E-state index contributed by atoms with van der Waals surface area (Å²) in [5.74, 6) is 0.954. The van der Waals surface area contributed by atoms with Crippen molar-refractivity contribution in [3.05, 3.63) is 40.4 Å². The van der Waals surface area contributed by atoms with E-state index in [4.69, 9.17) is 4.74 Å². The highest BCUT2D eigenvalue weighted by atomic mass is 32.1. The number of nitrogens with one attached hydrogen (secondary N) is 1. The SMILES string of the molecule is Cc1ccc(C(C)C)c(OCC(=O)Nc2nc(CN3CCCCC3)cs2)c1. The molecule has 1 saturated heterocycles. The minimum atomic E-state index is -0.176. The van der Waals surface area contributed by atoms with Crippen LogP contribution in [0.15, 0.2) is 23.6 Å². The molecule has 1 N–H and O–H groups in total. The van der Waals surface area contributed by atoms with Crippen molar-refractivity contribution >= 4 is 22.4 Å². The van der Waals surface area contributed by atoms with Crippen molar-refractivity contribution < 1.29 is 9.53 Å². The Bertz CT molecular complexity index is 767. The minimum absolute atomic E-state index is 0.00971. The number of rotatable bonds is 7. The van der Waals surface area contributed by atoms with Gasteiger partial charge in [-0.2, -0.15) is 0 Å². The number of benzene rings is 1. The van der Waals surface area contributed by atoms with Gasteiger partial charge in [-0.15, -0.1) is 11.3 Å². The van der Waals surface area contributed by atoms with E-state index in [0.717, 1.165) is 42.2 Å². The normalized spacial score (nSPS) is 15.1. The summed E-state index contributed by atoms with van der Waals surface area (Å²) in [5, 5.41) is 5.53. The maximum Gasteiger partial charge on any atom is 0.264 e. The molecule has 1 aliphatic rings. The highest BCUT2D eigenvalue weighted by molar-refractivity contribution is 7.13. The Labute approximate surface area is 165 Å². The van der Waals surface area contributed by atoms with Crippen molar-refractivity contribution in [2.24, 2.45) is 0 Å². The van der Waals surface area contributed by atoms with Crippen LogP contribution in [0.25, 0.3) is 0 Å². The number of aromatic nitrogens is 1. The number of aryl methyl sites for hydroxylation is 1. The van der Waals surface area contributed by atoms with Gasteiger partial charge in [0.15, 0.2) is 11.7 Å². The Morgan fingerprint density at radius 2 is 2.07 bits per heavy atom. The average Bonchev–Trinajstić information content (AvgIpc) is 3.07. The van der Waals surface area contributed by atoms with Gasteiger partial charge in [0.2, 0.25) is 0 Å². The Morgan fingerprint density at radius 3 is 2.81 bits per heavy atom. The molecule has 1 aromatic carbocycles. The lowest BCUT2D eigenvalue weighted by atomic mass is 10.0. The molecule has 2 aromatic rings. The second-order valence-electron chi connectivity index (χ2n) is 7.51. The van der Waals surface area contributed by atoms with Crippen LogP contribution in [0.3, 0.4) is 0 Å². The van der Waals surface area contributed by atoms with E-state index in [1.165, 1.54) is 30.6 Å². The topological polar surface area (TPSA) is 54.5 Å². The number of hydrogen-bond acceptors (Lipinski definition) is 5. The van der Waals surface area contributed by atoms with Gasteiger partial charge in [0.25, 0.3) is 5.91 Å². The molecule has 6 heteroatoms. The van der Waals surface area contributed by atoms with Gasteiger partial charge in [0, 0.05) is 11.9 Å². The molecule has 3 rings (SSSR count). The van der Waals surface area contributed by atoms with E-state index in [1.54, 1.807) is 0 Å². The van der Waals surface area contributed by atoms with Gasteiger partial charge in [0.05, 0.1) is 5.69 Å².